The molecule has 0 bridgehead atoms. The van der Waals surface area contributed by atoms with Gasteiger partial charge < -0.3 is 5.32 Å². The highest BCUT2D eigenvalue weighted by Crippen LogP contribution is 2.41. The highest BCUT2D eigenvalue weighted by Gasteiger charge is 2.24. The van der Waals surface area contributed by atoms with Gasteiger partial charge in [0.25, 0.3) is 0 Å². The zero-order chi connectivity index (χ0) is 16.1. The fourth-order valence-electron chi connectivity index (χ4n) is 3.02. The molecule has 0 amide bonds. The third-order valence-corrected chi connectivity index (χ3v) is 6.65. The summed E-state index contributed by atoms with van der Waals surface area (Å²) in [5.41, 5.74) is 2.87. The number of nitrogens with zero attached hydrogens (tertiary/aromatic N) is 3. The third kappa shape index (κ3) is 2.39. The first kappa shape index (κ1) is 14.4. The molecule has 1 fully saturated rings. The van der Waals surface area contributed by atoms with E-state index in [0.717, 1.165) is 32.3 Å². The fourth-order valence-corrected chi connectivity index (χ4v) is 5.02. The molecule has 1 aromatic carbocycles. The Bertz CT molecular complexity index is 964. The van der Waals surface area contributed by atoms with Crippen LogP contribution in [0.3, 0.4) is 0 Å². The number of fused-ring (bicyclic) bond motifs is 2. The van der Waals surface area contributed by atoms with Crippen molar-refractivity contribution in [3.05, 3.63) is 35.1 Å². The molecule has 7 heteroatoms. The average Bonchev–Trinajstić information content (AvgIpc) is 3.08. The lowest BCUT2D eigenvalue weighted by atomic mass is 9.86. The number of anilines is 2. The normalized spacial score (nSPS) is 17.1. The number of thioether (sulfide) groups is 1. The first-order valence-corrected chi connectivity index (χ1v) is 9.61. The maximum absolute atomic E-state index is 11.6. The van der Waals surface area contributed by atoms with Gasteiger partial charge in [0, 0.05) is 22.9 Å². The molecule has 5 nitrogen and oxygen atoms in total. The van der Waals surface area contributed by atoms with Gasteiger partial charge in [-0.05, 0) is 30.5 Å². The maximum atomic E-state index is 11.6. The molecule has 0 radical (unpaired) electrons. The number of benzene rings is 1. The van der Waals surface area contributed by atoms with Gasteiger partial charge >= 0.3 is 0 Å². The van der Waals surface area contributed by atoms with Crippen molar-refractivity contribution >= 4 is 50.1 Å². The van der Waals surface area contributed by atoms with Gasteiger partial charge in [-0.15, -0.1) is 0 Å². The molecule has 3 heterocycles. The van der Waals surface area contributed by atoms with Crippen molar-refractivity contribution in [1.82, 2.24) is 15.0 Å². The number of hydrogen-bond acceptors (Lipinski definition) is 7. The molecule has 5 rings (SSSR count). The molecular formula is C17H14N4OS2. The highest BCUT2D eigenvalue weighted by molar-refractivity contribution is 8.14. The molecule has 0 atom stereocenters. The van der Waals surface area contributed by atoms with Crippen LogP contribution < -0.4 is 5.32 Å². The number of aromatic nitrogens is 3. The summed E-state index contributed by atoms with van der Waals surface area (Å²) >= 11 is 2.99. The van der Waals surface area contributed by atoms with Crippen LogP contribution in [0.1, 0.15) is 35.8 Å². The number of thiazole rings is 1. The summed E-state index contributed by atoms with van der Waals surface area (Å²) in [7, 11) is 0. The Kier molecular flexibility index (Phi) is 3.31. The molecule has 1 aliphatic carbocycles. The van der Waals surface area contributed by atoms with E-state index in [1.807, 2.05) is 18.2 Å². The minimum atomic E-state index is 0.205. The van der Waals surface area contributed by atoms with E-state index in [1.165, 1.54) is 36.0 Å². The lowest BCUT2D eigenvalue weighted by Gasteiger charge is -2.22. The van der Waals surface area contributed by atoms with Crippen LogP contribution in [0, 0.1) is 0 Å². The topological polar surface area (TPSA) is 67.8 Å². The molecule has 1 N–H and O–H groups in total. The van der Waals surface area contributed by atoms with Crippen LogP contribution in [0.4, 0.5) is 11.5 Å². The van der Waals surface area contributed by atoms with Crippen LogP contribution in [0.25, 0.3) is 10.3 Å². The second kappa shape index (κ2) is 5.53. The van der Waals surface area contributed by atoms with Crippen molar-refractivity contribution in [2.45, 2.75) is 36.5 Å². The molecule has 3 aromatic rings. The first-order valence-electron chi connectivity index (χ1n) is 7.98. The Hall–Kier alpha value is -1.99. The van der Waals surface area contributed by atoms with Gasteiger partial charge in [0.15, 0.2) is 10.9 Å². The number of carbonyl (C=O) groups excluding carboxylic acids is 1. The van der Waals surface area contributed by atoms with Gasteiger partial charge in [-0.2, -0.15) is 0 Å². The van der Waals surface area contributed by atoms with Gasteiger partial charge in [-0.3, -0.25) is 4.79 Å². The summed E-state index contributed by atoms with van der Waals surface area (Å²) in [5, 5.41) is 4.73. The summed E-state index contributed by atoms with van der Waals surface area (Å²) in [6.07, 6.45) is 5.86. The van der Waals surface area contributed by atoms with Crippen molar-refractivity contribution in [1.29, 1.82) is 0 Å². The monoisotopic (exact) mass is 354 g/mol. The molecule has 2 aliphatic rings. The van der Waals surface area contributed by atoms with Gasteiger partial charge in [-0.25, -0.2) is 15.0 Å². The molecular weight excluding hydrogens is 340 g/mol. The molecule has 0 unspecified atom stereocenters. The van der Waals surface area contributed by atoms with Gasteiger partial charge in [0.1, 0.15) is 16.7 Å². The van der Waals surface area contributed by atoms with Crippen LogP contribution >= 0.6 is 23.1 Å². The predicted molar refractivity (Wildman–Crippen MR) is 96.1 cm³/mol. The number of nitrogens with one attached hydrogen (secondary N) is 1. The number of hydrogen-bond donors (Lipinski definition) is 1. The Labute approximate surface area is 146 Å². The second-order valence-corrected chi connectivity index (χ2v) is 8.26. The van der Waals surface area contributed by atoms with E-state index in [1.54, 1.807) is 17.7 Å². The Morgan fingerprint density at radius 1 is 1.21 bits per heavy atom. The zero-order valence-corrected chi connectivity index (χ0v) is 14.4. The van der Waals surface area contributed by atoms with Crippen molar-refractivity contribution < 1.29 is 4.79 Å². The minimum absolute atomic E-state index is 0.205. The van der Waals surface area contributed by atoms with E-state index in [-0.39, 0.29) is 5.12 Å². The van der Waals surface area contributed by atoms with Gasteiger partial charge in [-0.1, -0.05) is 35.6 Å². The zero-order valence-electron chi connectivity index (χ0n) is 12.8. The average molecular weight is 354 g/mol. The van der Waals surface area contributed by atoms with Crippen LogP contribution in [0.2, 0.25) is 0 Å². The lowest BCUT2D eigenvalue weighted by Crippen LogP contribution is -2.07. The molecule has 120 valence electrons. The predicted octanol–water partition coefficient (Wildman–Crippen LogP) is 4.27. The lowest BCUT2D eigenvalue weighted by molar-refractivity contribution is -0.110. The number of carbonyl (C=O) groups is 1. The van der Waals surface area contributed by atoms with E-state index in [0.29, 0.717) is 12.3 Å². The molecule has 2 aromatic heterocycles. The van der Waals surface area contributed by atoms with Gasteiger partial charge in [0.2, 0.25) is 0 Å². The molecule has 0 saturated heterocycles. The van der Waals surface area contributed by atoms with Crippen molar-refractivity contribution in [2.24, 2.45) is 0 Å². The van der Waals surface area contributed by atoms with E-state index < -0.39 is 0 Å². The largest absolute Gasteiger partial charge is 0.338 e. The maximum Gasteiger partial charge on any atom is 0.198 e. The smallest absolute Gasteiger partial charge is 0.198 e. The summed E-state index contributed by atoms with van der Waals surface area (Å²) in [5.74, 6) is 1.33. The van der Waals surface area contributed by atoms with Crippen molar-refractivity contribution in [3.8, 4) is 0 Å². The van der Waals surface area contributed by atoms with Crippen molar-refractivity contribution in [3.63, 3.8) is 0 Å². The molecule has 0 spiro atoms. The standard InChI is InChI=1S/C17H14N4OS2/c22-13-6-10-4-5-11(7-12(10)23-13)20-15-14-17(19-8-18-15)24-16(21-14)9-2-1-3-9/h4-5,7-9H,1-3,6H2,(H,18,19,20). The van der Waals surface area contributed by atoms with E-state index >= 15 is 0 Å². The Morgan fingerprint density at radius 2 is 2.12 bits per heavy atom. The van der Waals surface area contributed by atoms with E-state index in [4.69, 9.17) is 4.98 Å². The van der Waals surface area contributed by atoms with Crippen LogP contribution in [-0.4, -0.2) is 20.1 Å². The summed E-state index contributed by atoms with van der Waals surface area (Å²) in [6, 6.07) is 6.01. The SMILES string of the molecule is O=C1Cc2ccc(Nc3ncnc4sc(C5CCC5)nc34)cc2S1. The van der Waals surface area contributed by atoms with E-state index in [9.17, 15) is 4.79 Å². The molecule has 24 heavy (non-hydrogen) atoms. The summed E-state index contributed by atoms with van der Waals surface area (Å²) in [6.45, 7) is 0. The van der Waals surface area contributed by atoms with E-state index in [2.05, 4.69) is 15.3 Å². The minimum Gasteiger partial charge on any atom is -0.338 e. The van der Waals surface area contributed by atoms with Gasteiger partial charge in [0.05, 0.1) is 5.01 Å². The van der Waals surface area contributed by atoms with Crippen LogP contribution in [0.5, 0.6) is 0 Å². The molecule has 1 aliphatic heterocycles. The quantitative estimate of drug-likeness (QED) is 0.757. The van der Waals surface area contributed by atoms with Crippen LogP contribution in [-0.2, 0) is 11.2 Å². The second-order valence-electron chi connectivity index (χ2n) is 6.15. The Balaban J connectivity index is 1.49. The van der Waals surface area contributed by atoms with Crippen molar-refractivity contribution in [2.75, 3.05) is 5.32 Å². The summed E-state index contributed by atoms with van der Waals surface area (Å²) in [4.78, 5) is 27.1. The number of rotatable bonds is 3. The fraction of sp³-hybridized carbons (Fsp3) is 0.294. The van der Waals surface area contributed by atoms with Crippen LogP contribution in [0.15, 0.2) is 29.4 Å². The molecule has 1 saturated carbocycles. The third-order valence-electron chi connectivity index (χ3n) is 4.55. The first-order chi connectivity index (χ1) is 11.8. The Morgan fingerprint density at radius 3 is 2.96 bits per heavy atom. The summed E-state index contributed by atoms with van der Waals surface area (Å²) < 4.78 is 0. The highest BCUT2D eigenvalue weighted by atomic mass is 32.2.